The molecule has 0 aliphatic rings. The largest absolute Gasteiger partial charge is 0.573 e. The molecule has 2 aromatic carbocycles. The molecule has 6 nitrogen and oxygen atoms in total. The van der Waals surface area contributed by atoms with Gasteiger partial charge in [-0.15, -0.1) is 13.2 Å². The lowest BCUT2D eigenvalue weighted by Gasteiger charge is -2.14. The number of nitrogens with two attached hydrogens (primary N) is 1. The van der Waals surface area contributed by atoms with Gasteiger partial charge in [0.15, 0.2) is 5.69 Å². The standard InChI is InChI=1S/C18H12F7N3O3S/c1-9-6-11(31-18(23,24)25)3-4-13(9)28-14(8-16(27-28)17(20,21)22)10-2-5-15(12(19)7-10)32(26,29)30/h2-8H,1H3,(H2,26,29,30). The van der Waals surface area contributed by atoms with Gasteiger partial charge in [-0.1, -0.05) is 6.07 Å². The fraction of sp³-hybridized carbons (Fsp3) is 0.167. The Morgan fingerprint density at radius 3 is 2.16 bits per heavy atom. The van der Waals surface area contributed by atoms with Crippen molar-refractivity contribution in [3.05, 3.63) is 59.5 Å². The number of aromatic nitrogens is 2. The van der Waals surface area contributed by atoms with Crippen LogP contribution in [0.2, 0.25) is 0 Å². The monoisotopic (exact) mass is 483 g/mol. The number of halogens is 7. The topological polar surface area (TPSA) is 87.2 Å². The average Bonchev–Trinajstić information content (AvgIpc) is 3.04. The van der Waals surface area contributed by atoms with Gasteiger partial charge in [0.1, 0.15) is 16.5 Å². The molecule has 0 aliphatic carbocycles. The number of aryl methyl sites for hydroxylation is 1. The summed E-state index contributed by atoms with van der Waals surface area (Å²) < 4.78 is 119. The summed E-state index contributed by atoms with van der Waals surface area (Å²) in [6.07, 6.45) is -9.87. The van der Waals surface area contributed by atoms with Gasteiger partial charge in [-0.3, -0.25) is 0 Å². The molecular weight excluding hydrogens is 471 g/mol. The van der Waals surface area contributed by atoms with Crippen molar-refractivity contribution in [3.8, 4) is 22.7 Å². The van der Waals surface area contributed by atoms with Gasteiger partial charge in [0.25, 0.3) is 0 Å². The normalized spacial score (nSPS) is 12.8. The third kappa shape index (κ3) is 5.02. The number of alkyl halides is 6. The maximum Gasteiger partial charge on any atom is 0.573 e. The van der Waals surface area contributed by atoms with Crippen LogP contribution in [-0.2, 0) is 16.2 Å². The number of benzene rings is 2. The van der Waals surface area contributed by atoms with Crippen LogP contribution in [0.3, 0.4) is 0 Å². The average molecular weight is 483 g/mol. The molecule has 0 aliphatic heterocycles. The lowest BCUT2D eigenvalue weighted by atomic mass is 10.1. The summed E-state index contributed by atoms with van der Waals surface area (Å²) in [4.78, 5) is -0.867. The summed E-state index contributed by atoms with van der Waals surface area (Å²) in [5.41, 5.74) is -1.84. The van der Waals surface area contributed by atoms with Crippen LogP contribution < -0.4 is 9.88 Å². The maximum atomic E-state index is 14.3. The Balaban J connectivity index is 2.18. The first-order valence-electron chi connectivity index (χ1n) is 8.43. The summed E-state index contributed by atoms with van der Waals surface area (Å²) in [5.74, 6) is -1.91. The Labute approximate surface area is 176 Å². The van der Waals surface area contributed by atoms with Crippen molar-refractivity contribution in [2.45, 2.75) is 24.4 Å². The van der Waals surface area contributed by atoms with E-state index in [2.05, 4.69) is 9.84 Å². The van der Waals surface area contributed by atoms with E-state index in [-0.39, 0.29) is 22.5 Å². The second-order valence-corrected chi connectivity index (χ2v) is 8.04. The molecule has 0 saturated carbocycles. The van der Waals surface area contributed by atoms with Crippen molar-refractivity contribution in [2.24, 2.45) is 5.14 Å². The molecule has 1 heterocycles. The first-order valence-corrected chi connectivity index (χ1v) is 9.97. The molecule has 3 rings (SSSR count). The van der Waals surface area contributed by atoms with Gasteiger partial charge in [-0.05, 0) is 48.9 Å². The van der Waals surface area contributed by atoms with Crippen LogP contribution >= 0.6 is 0 Å². The molecular formula is C18H12F7N3O3S. The fourth-order valence-electron chi connectivity index (χ4n) is 2.86. The van der Waals surface area contributed by atoms with Crippen molar-refractivity contribution in [3.63, 3.8) is 0 Å². The van der Waals surface area contributed by atoms with Gasteiger partial charge in [0.2, 0.25) is 10.0 Å². The molecule has 0 radical (unpaired) electrons. The number of rotatable bonds is 4. The summed E-state index contributed by atoms with van der Waals surface area (Å²) in [6, 6.07) is 5.90. The predicted octanol–water partition coefficient (Wildman–Crippen LogP) is 4.55. The number of hydrogen-bond acceptors (Lipinski definition) is 4. The minimum Gasteiger partial charge on any atom is -0.406 e. The van der Waals surface area contributed by atoms with Gasteiger partial charge in [-0.2, -0.15) is 18.3 Å². The van der Waals surface area contributed by atoms with E-state index in [9.17, 15) is 39.2 Å². The molecule has 1 aromatic heterocycles. The van der Waals surface area contributed by atoms with Gasteiger partial charge < -0.3 is 4.74 Å². The Bertz CT molecular complexity index is 1280. The van der Waals surface area contributed by atoms with E-state index >= 15 is 0 Å². The minimum atomic E-state index is -4.98. The van der Waals surface area contributed by atoms with Crippen molar-refractivity contribution in [1.29, 1.82) is 0 Å². The number of nitrogens with zero attached hydrogens (tertiary/aromatic N) is 2. The van der Waals surface area contributed by atoms with E-state index in [1.807, 2.05) is 0 Å². The van der Waals surface area contributed by atoms with Crippen LogP contribution in [-0.4, -0.2) is 24.6 Å². The summed E-state index contributed by atoms with van der Waals surface area (Å²) in [5, 5.41) is 8.34. The smallest absolute Gasteiger partial charge is 0.406 e. The molecule has 0 bridgehead atoms. The zero-order valence-electron chi connectivity index (χ0n) is 15.8. The van der Waals surface area contributed by atoms with Crippen LogP contribution in [0.15, 0.2) is 47.4 Å². The molecule has 0 saturated heterocycles. The highest BCUT2D eigenvalue weighted by Gasteiger charge is 2.36. The highest BCUT2D eigenvalue weighted by atomic mass is 32.2. The van der Waals surface area contributed by atoms with Gasteiger partial charge in [-0.25, -0.2) is 22.6 Å². The SMILES string of the molecule is Cc1cc(OC(F)(F)F)ccc1-n1nc(C(F)(F)F)cc1-c1ccc(S(N)(=O)=O)c(F)c1. The second-order valence-electron chi connectivity index (χ2n) is 6.51. The van der Waals surface area contributed by atoms with Crippen molar-refractivity contribution < 1.29 is 43.9 Å². The summed E-state index contributed by atoms with van der Waals surface area (Å²) in [7, 11) is -4.42. The number of ether oxygens (including phenoxy) is 1. The van der Waals surface area contributed by atoms with E-state index in [1.165, 1.54) is 6.92 Å². The van der Waals surface area contributed by atoms with Gasteiger partial charge in [0, 0.05) is 5.56 Å². The maximum absolute atomic E-state index is 14.3. The molecule has 172 valence electrons. The quantitative estimate of drug-likeness (QED) is 0.552. The van der Waals surface area contributed by atoms with Gasteiger partial charge in [0.05, 0.1) is 11.4 Å². The second kappa shape index (κ2) is 7.78. The Kier molecular flexibility index (Phi) is 5.72. The van der Waals surface area contributed by atoms with Crippen LogP contribution in [0.5, 0.6) is 5.75 Å². The molecule has 0 fully saturated rings. The minimum absolute atomic E-state index is 0.0547. The molecule has 0 amide bonds. The Morgan fingerprint density at radius 2 is 1.66 bits per heavy atom. The molecule has 0 atom stereocenters. The lowest BCUT2D eigenvalue weighted by Crippen LogP contribution is -2.17. The van der Waals surface area contributed by atoms with Crippen molar-refractivity contribution in [1.82, 2.24) is 9.78 Å². The first-order chi connectivity index (χ1) is 14.6. The van der Waals surface area contributed by atoms with Crippen LogP contribution in [0, 0.1) is 12.7 Å². The van der Waals surface area contributed by atoms with E-state index in [0.29, 0.717) is 12.1 Å². The fourth-order valence-corrected chi connectivity index (χ4v) is 3.45. The van der Waals surface area contributed by atoms with Gasteiger partial charge >= 0.3 is 12.5 Å². The van der Waals surface area contributed by atoms with E-state index in [1.54, 1.807) is 0 Å². The third-order valence-corrected chi connectivity index (χ3v) is 5.11. The van der Waals surface area contributed by atoms with Crippen LogP contribution in [0.4, 0.5) is 30.7 Å². The highest BCUT2D eigenvalue weighted by molar-refractivity contribution is 7.89. The number of primary sulfonamides is 1. The van der Waals surface area contributed by atoms with E-state index in [4.69, 9.17) is 5.14 Å². The van der Waals surface area contributed by atoms with Crippen LogP contribution in [0.25, 0.3) is 16.9 Å². The predicted molar refractivity (Wildman–Crippen MR) is 96.8 cm³/mol. The molecule has 32 heavy (non-hydrogen) atoms. The zero-order valence-corrected chi connectivity index (χ0v) is 16.6. The molecule has 0 unspecified atom stereocenters. The van der Waals surface area contributed by atoms with Crippen molar-refractivity contribution in [2.75, 3.05) is 0 Å². The first kappa shape index (κ1) is 23.5. The van der Waals surface area contributed by atoms with Crippen molar-refractivity contribution >= 4 is 10.0 Å². The summed E-state index contributed by atoms with van der Waals surface area (Å²) >= 11 is 0. The lowest BCUT2D eigenvalue weighted by molar-refractivity contribution is -0.274. The van der Waals surface area contributed by atoms with E-state index in [0.717, 1.165) is 35.0 Å². The molecule has 3 aromatic rings. The number of sulfonamides is 1. The zero-order chi connectivity index (χ0) is 24.1. The Morgan fingerprint density at radius 1 is 1.00 bits per heavy atom. The molecule has 0 spiro atoms. The third-order valence-electron chi connectivity index (χ3n) is 4.16. The van der Waals surface area contributed by atoms with Crippen LogP contribution in [0.1, 0.15) is 11.3 Å². The summed E-state index contributed by atoms with van der Waals surface area (Å²) in [6.45, 7) is 1.31. The molecule has 2 N–H and O–H groups in total. The highest BCUT2D eigenvalue weighted by Crippen LogP contribution is 2.35. The Hall–Kier alpha value is -3.13. The van der Waals surface area contributed by atoms with E-state index < -0.39 is 44.7 Å². The molecule has 14 heteroatoms. The number of hydrogen-bond donors (Lipinski definition) is 1.